The van der Waals surface area contributed by atoms with Crippen molar-refractivity contribution in [1.29, 1.82) is 0 Å². The van der Waals surface area contributed by atoms with E-state index in [4.69, 9.17) is 9.05 Å². The molecular formula is C19H18N6O2. The first-order valence-corrected chi connectivity index (χ1v) is 9.00. The molecule has 5 rings (SSSR count). The number of rotatable bonds is 3. The van der Waals surface area contributed by atoms with Gasteiger partial charge in [0, 0.05) is 29.4 Å². The molecule has 8 nitrogen and oxygen atoms in total. The molecule has 136 valence electrons. The molecule has 4 aromatic heterocycles. The molecule has 8 heteroatoms. The maximum atomic E-state index is 5.44. The Labute approximate surface area is 155 Å². The molecule has 4 heterocycles. The summed E-state index contributed by atoms with van der Waals surface area (Å²) in [4.78, 5) is 8.98. The van der Waals surface area contributed by atoms with E-state index in [1.165, 1.54) is 0 Å². The van der Waals surface area contributed by atoms with Gasteiger partial charge in [0.2, 0.25) is 5.82 Å². The first-order chi connectivity index (χ1) is 13.2. The van der Waals surface area contributed by atoms with E-state index < -0.39 is 0 Å². The Morgan fingerprint density at radius 3 is 2.70 bits per heavy atom. The predicted molar refractivity (Wildman–Crippen MR) is 96.3 cm³/mol. The Bertz CT molecular complexity index is 1110. The van der Waals surface area contributed by atoms with Crippen LogP contribution < -0.4 is 0 Å². The molecule has 0 fully saturated rings. The fraction of sp³-hybridized carbons (Fsp3) is 0.316. The summed E-state index contributed by atoms with van der Waals surface area (Å²) in [6.07, 6.45) is 5.83. The van der Waals surface area contributed by atoms with Crippen molar-refractivity contribution in [3.8, 4) is 28.8 Å². The largest absolute Gasteiger partial charge is 0.360 e. The van der Waals surface area contributed by atoms with Gasteiger partial charge in [-0.3, -0.25) is 0 Å². The molecule has 1 aliphatic rings. The third-order valence-corrected chi connectivity index (χ3v) is 4.81. The van der Waals surface area contributed by atoms with E-state index in [0.717, 1.165) is 59.8 Å². The van der Waals surface area contributed by atoms with Crippen LogP contribution in [0.1, 0.15) is 35.6 Å². The van der Waals surface area contributed by atoms with Gasteiger partial charge in [-0.25, -0.2) is 9.67 Å². The van der Waals surface area contributed by atoms with E-state index in [1.807, 2.05) is 36.7 Å². The van der Waals surface area contributed by atoms with Gasteiger partial charge in [-0.2, -0.15) is 10.1 Å². The van der Waals surface area contributed by atoms with Crippen molar-refractivity contribution in [2.24, 2.45) is 0 Å². The molecule has 27 heavy (non-hydrogen) atoms. The number of aromatic nitrogens is 6. The van der Waals surface area contributed by atoms with Crippen LogP contribution in [0.25, 0.3) is 28.8 Å². The van der Waals surface area contributed by atoms with E-state index in [1.54, 1.807) is 6.20 Å². The van der Waals surface area contributed by atoms with Gasteiger partial charge in [-0.1, -0.05) is 10.3 Å². The topological polar surface area (TPSA) is 95.7 Å². The summed E-state index contributed by atoms with van der Waals surface area (Å²) in [5.74, 6) is 2.55. The van der Waals surface area contributed by atoms with E-state index >= 15 is 0 Å². The van der Waals surface area contributed by atoms with Crippen LogP contribution in [-0.2, 0) is 12.8 Å². The number of nitrogens with zero attached hydrogens (tertiary/aromatic N) is 6. The van der Waals surface area contributed by atoms with Crippen LogP contribution in [0.15, 0.2) is 33.4 Å². The fourth-order valence-corrected chi connectivity index (χ4v) is 3.49. The highest BCUT2D eigenvalue weighted by Crippen LogP contribution is 2.31. The zero-order valence-corrected chi connectivity index (χ0v) is 15.1. The SMILES string of the molecule is Cc1cc(C)n(-c2ccc(-c3noc(-c4noc5c4CCCC5)n3)cn2)n1. The molecule has 0 spiro atoms. The summed E-state index contributed by atoms with van der Waals surface area (Å²) in [6.45, 7) is 3.96. The van der Waals surface area contributed by atoms with Crippen LogP contribution in [0.5, 0.6) is 0 Å². The number of aryl methyl sites for hydroxylation is 3. The van der Waals surface area contributed by atoms with Crippen LogP contribution in [-0.4, -0.2) is 30.1 Å². The zero-order valence-electron chi connectivity index (χ0n) is 15.1. The molecule has 0 unspecified atom stereocenters. The van der Waals surface area contributed by atoms with Gasteiger partial charge in [-0.15, -0.1) is 0 Å². The van der Waals surface area contributed by atoms with Crippen LogP contribution in [0.3, 0.4) is 0 Å². The van der Waals surface area contributed by atoms with Gasteiger partial charge in [0.15, 0.2) is 11.5 Å². The van der Waals surface area contributed by atoms with E-state index in [9.17, 15) is 0 Å². The molecule has 1 aliphatic carbocycles. The second-order valence-corrected chi connectivity index (χ2v) is 6.81. The Balaban J connectivity index is 1.45. The summed E-state index contributed by atoms with van der Waals surface area (Å²) in [7, 11) is 0. The molecule has 0 amide bonds. The van der Waals surface area contributed by atoms with Crippen LogP contribution in [0, 0.1) is 13.8 Å². The lowest BCUT2D eigenvalue weighted by atomic mass is 9.96. The molecule has 0 atom stereocenters. The minimum Gasteiger partial charge on any atom is -0.360 e. The zero-order chi connectivity index (χ0) is 18.4. The molecular weight excluding hydrogens is 344 g/mol. The molecule has 0 aliphatic heterocycles. The maximum absolute atomic E-state index is 5.44. The monoisotopic (exact) mass is 362 g/mol. The second kappa shape index (κ2) is 6.15. The first kappa shape index (κ1) is 15.9. The third-order valence-electron chi connectivity index (χ3n) is 4.81. The summed E-state index contributed by atoms with van der Waals surface area (Å²) in [5, 5.41) is 12.7. The van der Waals surface area contributed by atoms with Gasteiger partial charge < -0.3 is 9.05 Å². The molecule has 0 radical (unpaired) electrons. The highest BCUT2D eigenvalue weighted by atomic mass is 16.5. The second-order valence-electron chi connectivity index (χ2n) is 6.81. The highest BCUT2D eigenvalue weighted by molar-refractivity contribution is 5.60. The average molecular weight is 362 g/mol. The Kier molecular flexibility index (Phi) is 3.63. The van der Waals surface area contributed by atoms with Crippen molar-refractivity contribution >= 4 is 0 Å². The predicted octanol–water partition coefficient (Wildman–Crippen LogP) is 3.47. The molecule has 0 saturated carbocycles. The van der Waals surface area contributed by atoms with Gasteiger partial charge in [0.05, 0.1) is 5.69 Å². The van der Waals surface area contributed by atoms with Gasteiger partial charge in [-0.05, 0) is 51.3 Å². The van der Waals surface area contributed by atoms with E-state index in [0.29, 0.717) is 17.4 Å². The minimum absolute atomic E-state index is 0.388. The molecule has 4 aromatic rings. The Morgan fingerprint density at radius 2 is 1.93 bits per heavy atom. The summed E-state index contributed by atoms with van der Waals surface area (Å²) >= 11 is 0. The van der Waals surface area contributed by atoms with Gasteiger partial charge in [0.25, 0.3) is 5.89 Å². The van der Waals surface area contributed by atoms with Crippen molar-refractivity contribution < 1.29 is 9.05 Å². The van der Waals surface area contributed by atoms with Crippen LogP contribution >= 0.6 is 0 Å². The Hall–Kier alpha value is -3.29. The van der Waals surface area contributed by atoms with E-state index in [-0.39, 0.29) is 0 Å². The fourth-order valence-electron chi connectivity index (χ4n) is 3.49. The first-order valence-electron chi connectivity index (χ1n) is 9.00. The maximum Gasteiger partial charge on any atom is 0.280 e. The van der Waals surface area contributed by atoms with Gasteiger partial charge >= 0.3 is 0 Å². The van der Waals surface area contributed by atoms with Crippen molar-refractivity contribution in [3.63, 3.8) is 0 Å². The summed E-state index contributed by atoms with van der Waals surface area (Å²) < 4.78 is 12.7. The number of pyridine rings is 1. The normalized spacial score (nSPS) is 13.7. The lowest BCUT2D eigenvalue weighted by molar-refractivity contribution is 0.369. The third kappa shape index (κ3) is 2.73. The Morgan fingerprint density at radius 1 is 1.04 bits per heavy atom. The van der Waals surface area contributed by atoms with Crippen molar-refractivity contribution in [2.45, 2.75) is 39.5 Å². The van der Waals surface area contributed by atoms with E-state index in [2.05, 4.69) is 25.4 Å². The number of fused-ring (bicyclic) bond motifs is 1. The number of hydrogen-bond acceptors (Lipinski definition) is 7. The molecule has 0 saturated heterocycles. The number of hydrogen-bond donors (Lipinski definition) is 0. The smallest absolute Gasteiger partial charge is 0.280 e. The van der Waals surface area contributed by atoms with Crippen molar-refractivity contribution in [2.75, 3.05) is 0 Å². The van der Waals surface area contributed by atoms with Crippen molar-refractivity contribution in [3.05, 3.63) is 47.1 Å². The highest BCUT2D eigenvalue weighted by Gasteiger charge is 2.24. The van der Waals surface area contributed by atoms with Gasteiger partial charge in [0.1, 0.15) is 5.76 Å². The lowest BCUT2D eigenvalue weighted by Crippen LogP contribution is -2.01. The van der Waals surface area contributed by atoms with Crippen molar-refractivity contribution in [1.82, 2.24) is 30.1 Å². The molecule has 0 bridgehead atoms. The standard InChI is InChI=1S/C19H18N6O2/c1-11-9-12(2)25(22-11)16-8-7-13(10-20-16)18-21-19(27-24-18)17-14-5-3-4-6-15(14)26-23-17/h7-10H,3-6H2,1-2H3. The lowest BCUT2D eigenvalue weighted by Gasteiger charge is -2.07. The van der Waals surface area contributed by atoms with Crippen LogP contribution in [0.4, 0.5) is 0 Å². The van der Waals surface area contributed by atoms with Crippen LogP contribution in [0.2, 0.25) is 0 Å². The molecule has 0 N–H and O–H groups in total. The summed E-state index contributed by atoms with van der Waals surface area (Å²) in [6, 6.07) is 5.81. The minimum atomic E-state index is 0.388. The molecule has 0 aromatic carbocycles. The summed E-state index contributed by atoms with van der Waals surface area (Å²) in [5.41, 5.74) is 4.51. The quantitative estimate of drug-likeness (QED) is 0.550. The average Bonchev–Trinajstić information content (AvgIpc) is 3.39.